The Morgan fingerprint density at radius 1 is 0.800 bits per heavy atom. The lowest BCUT2D eigenvalue weighted by Gasteiger charge is -2.09. The van der Waals surface area contributed by atoms with E-state index >= 15 is 0 Å². The van der Waals surface area contributed by atoms with Gasteiger partial charge in [-0.15, -0.1) is 11.3 Å². The molecule has 0 N–H and O–H groups in total. The molecular formula is C24H15N3O2S. The molecule has 5 rings (SSSR count). The zero-order valence-electron chi connectivity index (χ0n) is 15.7. The normalized spacial score (nSPS) is 10.9. The Kier molecular flexibility index (Phi) is 4.53. The van der Waals surface area contributed by atoms with Gasteiger partial charge in [0.25, 0.3) is 0 Å². The predicted molar refractivity (Wildman–Crippen MR) is 118 cm³/mol. The molecule has 0 saturated heterocycles. The van der Waals surface area contributed by atoms with Crippen LogP contribution in [0.25, 0.3) is 38.7 Å². The van der Waals surface area contributed by atoms with Gasteiger partial charge in [-0.3, -0.25) is 9.59 Å². The van der Waals surface area contributed by atoms with Crippen LogP contribution in [-0.2, 0) is 0 Å². The molecule has 0 radical (unpaired) electrons. The molecule has 0 aliphatic carbocycles. The summed E-state index contributed by atoms with van der Waals surface area (Å²) >= 11 is 1.40. The van der Waals surface area contributed by atoms with Gasteiger partial charge in [0.1, 0.15) is 11.9 Å². The Bertz CT molecular complexity index is 1370. The summed E-state index contributed by atoms with van der Waals surface area (Å²) in [5.74, 6) is 0.562. The Morgan fingerprint density at radius 3 is 2.30 bits per heavy atom. The minimum atomic E-state index is 0.562. The van der Waals surface area contributed by atoms with Crippen LogP contribution < -0.4 is 0 Å². The van der Waals surface area contributed by atoms with Crippen molar-refractivity contribution in [2.75, 3.05) is 0 Å². The number of rotatable bonds is 5. The summed E-state index contributed by atoms with van der Waals surface area (Å²) in [6.07, 6.45) is 3.64. The molecule has 0 aliphatic heterocycles. The minimum absolute atomic E-state index is 0.562. The molecule has 0 bridgehead atoms. The van der Waals surface area contributed by atoms with Gasteiger partial charge in [0.15, 0.2) is 12.1 Å². The van der Waals surface area contributed by atoms with Crippen LogP contribution in [0.4, 0.5) is 0 Å². The van der Waals surface area contributed by atoms with Crippen molar-refractivity contribution in [1.82, 2.24) is 14.5 Å². The summed E-state index contributed by atoms with van der Waals surface area (Å²) in [4.78, 5) is 33.4. The first-order valence-electron chi connectivity index (χ1n) is 9.32. The van der Waals surface area contributed by atoms with Crippen molar-refractivity contribution in [2.45, 2.75) is 0 Å². The third-order valence-corrected chi connectivity index (χ3v) is 5.88. The number of carbonyl (C=O) groups excluding carboxylic acids is 2. The lowest BCUT2D eigenvalue weighted by atomic mass is 10.1. The SMILES string of the molecule is O=Cc1ccc(-c2nc(-c3ccc(C=O)s3)c3ccn(-c4ccccc4)c3n2)cc1. The molecule has 3 aromatic heterocycles. The first kappa shape index (κ1) is 18.1. The van der Waals surface area contributed by atoms with Crippen LogP contribution in [-0.4, -0.2) is 27.1 Å². The van der Waals surface area contributed by atoms with Crippen LogP contribution in [0.15, 0.2) is 79.0 Å². The zero-order chi connectivity index (χ0) is 20.5. The van der Waals surface area contributed by atoms with Crippen LogP contribution in [0.1, 0.15) is 20.0 Å². The molecule has 30 heavy (non-hydrogen) atoms. The van der Waals surface area contributed by atoms with E-state index < -0.39 is 0 Å². The highest BCUT2D eigenvalue weighted by Gasteiger charge is 2.16. The van der Waals surface area contributed by atoms with Gasteiger partial charge in [0.05, 0.1) is 15.4 Å². The van der Waals surface area contributed by atoms with E-state index in [1.165, 1.54) is 11.3 Å². The Balaban J connectivity index is 1.77. The number of carbonyl (C=O) groups is 2. The highest BCUT2D eigenvalue weighted by atomic mass is 32.1. The third-order valence-electron chi connectivity index (χ3n) is 4.86. The number of hydrogen-bond donors (Lipinski definition) is 0. The average molecular weight is 409 g/mol. The van der Waals surface area contributed by atoms with E-state index in [2.05, 4.69) is 0 Å². The summed E-state index contributed by atoms with van der Waals surface area (Å²) in [6.45, 7) is 0. The van der Waals surface area contributed by atoms with Crippen molar-refractivity contribution in [3.8, 4) is 27.6 Å². The average Bonchev–Trinajstić information content (AvgIpc) is 3.46. The topological polar surface area (TPSA) is 64.8 Å². The second kappa shape index (κ2) is 7.50. The van der Waals surface area contributed by atoms with Crippen molar-refractivity contribution >= 4 is 34.9 Å². The van der Waals surface area contributed by atoms with E-state index in [0.29, 0.717) is 16.3 Å². The van der Waals surface area contributed by atoms with Gasteiger partial charge in [-0.2, -0.15) is 0 Å². The maximum Gasteiger partial charge on any atom is 0.162 e. The molecule has 0 unspecified atom stereocenters. The highest BCUT2D eigenvalue weighted by Crippen LogP contribution is 2.34. The Labute approximate surface area is 176 Å². The zero-order valence-corrected chi connectivity index (χ0v) is 16.5. The van der Waals surface area contributed by atoms with E-state index in [1.54, 1.807) is 18.2 Å². The smallest absolute Gasteiger partial charge is 0.162 e. The van der Waals surface area contributed by atoms with Crippen molar-refractivity contribution in [3.63, 3.8) is 0 Å². The number of thiophene rings is 1. The van der Waals surface area contributed by atoms with Crippen LogP contribution in [0.3, 0.4) is 0 Å². The van der Waals surface area contributed by atoms with Gasteiger partial charge in [0.2, 0.25) is 0 Å². The number of aromatic nitrogens is 3. The number of hydrogen-bond acceptors (Lipinski definition) is 5. The van der Waals surface area contributed by atoms with Gasteiger partial charge >= 0.3 is 0 Å². The number of aldehydes is 2. The minimum Gasteiger partial charge on any atom is -0.301 e. The Hall–Kier alpha value is -3.90. The fraction of sp³-hybridized carbons (Fsp3) is 0. The van der Waals surface area contributed by atoms with E-state index in [0.717, 1.165) is 45.4 Å². The van der Waals surface area contributed by atoms with Gasteiger partial charge < -0.3 is 4.57 Å². The van der Waals surface area contributed by atoms with Crippen LogP contribution >= 0.6 is 11.3 Å². The monoisotopic (exact) mass is 409 g/mol. The molecule has 2 aromatic carbocycles. The molecule has 0 aliphatic rings. The van der Waals surface area contributed by atoms with Crippen molar-refractivity contribution in [1.29, 1.82) is 0 Å². The van der Waals surface area contributed by atoms with Crippen LogP contribution in [0.2, 0.25) is 0 Å². The number of benzene rings is 2. The predicted octanol–water partition coefficient (Wildman–Crippen LogP) is 5.44. The fourth-order valence-corrected chi connectivity index (χ4v) is 4.21. The maximum atomic E-state index is 11.2. The summed E-state index contributed by atoms with van der Waals surface area (Å²) < 4.78 is 2.03. The molecule has 0 atom stereocenters. The first-order valence-corrected chi connectivity index (χ1v) is 10.1. The number of para-hydroxylation sites is 1. The van der Waals surface area contributed by atoms with Crippen molar-refractivity contribution < 1.29 is 9.59 Å². The molecule has 5 nitrogen and oxygen atoms in total. The lowest BCUT2D eigenvalue weighted by molar-refractivity contribution is 0.111. The summed E-state index contributed by atoms with van der Waals surface area (Å²) in [7, 11) is 0. The van der Waals surface area contributed by atoms with Crippen LogP contribution in [0, 0.1) is 0 Å². The third kappa shape index (κ3) is 3.13. The molecule has 0 spiro atoms. The van der Waals surface area contributed by atoms with E-state index in [9.17, 15) is 9.59 Å². The van der Waals surface area contributed by atoms with E-state index in [4.69, 9.17) is 9.97 Å². The maximum absolute atomic E-state index is 11.2. The van der Waals surface area contributed by atoms with E-state index in [1.807, 2.05) is 65.4 Å². The summed E-state index contributed by atoms with van der Waals surface area (Å²) in [6, 6.07) is 22.9. The molecule has 144 valence electrons. The van der Waals surface area contributed by atoms with Crippen molar-refractivity contribution in [2.24, 2.45) is 0 Å². The van der Waals surface area contributed by atoms with E-state index in [-0.39, 0.29) is 0 Å². The molecule has 3 heterocycles. The first-order chi connectivity index (χ1) is 14.8. The second-order valence-electron chi connectivity index (χ2n) is 6.71. The second-order valence-corrected chi connectivity index (χ2v) is 7.83. The van der Waals surface area contributed by atoms with Crippen LogP contribution in [0.5, 0.6) is 0 Å². The molecule has 0 fully saturated rings. The lowest BCUT2D eigenvalue weighted by Crippen LogP contribution is -1.98. The Morgan fingerprint density at radius 2 is 1.60 bits per heavy atom. The number of nitrogens with zero attached hydrogens (tertiary/aromatic N) is 3. The highest BCUT2D eigenvalue weighted by molar-refractivity contribution is 7.17. The standard InChI is InChI=1S/C24H15N3O2S/c28-14-16-6-8-17(9-7-16)23-25-22(21-11-10-19(15-29)30-21)20-12-13-27(24(20)26-23)18-4-2-1-3-5-18/h1-15H. The quantitative estimate of drug-likeness (QED) is 0.363. The number of fused-ring (bicyclic) bond motifs is 1. The van der Waals surface area contributed by atoms with Gasteiger partial charge in [-0.25, -0.2) is 9.97 Å². The summed E-state index contributed by atoms with van der Waals surface area (Å²) in [5, 5.41) is 0.909. The molecule has 0 amide bonds. The van der Waals surface area contributed by atoms with Crippen molar-refractivity contribution in [3.05, 3.63) is 89.4 Å². The molecule has 5 aromatic rings. The molecular weight excluding hydrogens is 394 g/mol. The van der Waals surface area contributed by atoms with Gasteiger partial charge in [-0.05, 0) is 30.3 Å². The largest absolute Gasteiger partial charge is 0.301 e. The molecule has 6 heteroatoms. The van der Waals surface area contributed by atoms with Gasteiger partial charge in [-0.1, -0.05) is 42.5 Å². The molecule has 0 saturated carbocycles. The fourth-order valence-electron chi connectivity index (χ4n) is 3.38. The van der Waals surface area contributed by atoms with Gasteiger partial charge in [0, 0.05) is 28.4 Å². The summed E-state index contributed by atoms with van der Waals surface area (Å²) in [5.41, 5.74) is 3.97.